The van der Waals surface area contributed by atoms with Crippen molar-refractivity contribution in [2.24, 2.45) is 0 Å². The summed E-state index contributed by atoms with van der Waals surface area (Å²) < 4.78 is 2.13. The molecule has 0 atom stereocenters. The summed E-state index contributed by atoms with van der Waals surface area (Å²) in [7, 11) is 2.08. The predicted octanol–water partition coefficient (Wildman–Crippen LogP) is 2.50. The molecule has 2 aromatic heterocycles. The Hall–Kier alpha value is -1.42. The van der Waals surface area contributed by atoms with Crippen molar-refractivity contribution < 1.29 is 0 Å². The van der Waals surface area contributed by atoms with E-state index < -0.39 is 0 Å². The van der Waals surface area contributed by atoms with E-state index in [2.05, 4.69) is 52.2 Å². The molecule has 0 aliphatic heterocycles. The lowest BCUT2D eigenvalue weighted by molar-refractivity contribution is 0.240. The number of nitrogens with zero attached hydrogens (tertiary/aromatic N) is 3. The molecule has 4 nitrogen and oxygen atoms in total. The molecule has 2 aromatic rings. The second-order valence-electron chi connectivity index (χ2n) is 5.82. The minimum Gasteiger partial charge on any atom is -0.314 e. The van der Waals surface area contributed by atoms with Gasteiger partial charge in [-0.1, -0.05) is 19.3 Å². The first-order valence-electron chi connectivity index (χ1n) is 7.22. The maximum Gasteiger partial charge on any atom is 0.161 e. The second-order valence-corrected chi connectivity index (χ2v) is 5.82. The van der Waals surface area contributed by atoms with Crippen LogP contribution in [0.2, 0.25) is 0 Å². The Morgan fingerprint density at radius 1 is 1.26 bits per heavy atom. The Kier molecular flexibility index (Phi) is 3.27. The van der Waals surface area contributed by atoms with Crippen LogP contribution >= 0.6 is 0 Å². The van der Waals surface area contributed by atoms with Gasteiger partial charge in [0.25, 0.3) is 0 Å². The lowest BCUT2D eigenvalue weighted by Crippen LogP contribution is -2.46. The first kappa shape index (κ1) is 12.6. The Morgan fingerprint density at radius 2 is 2.05 bits per heavy atom. The molecule has 2 heterocycles. The van der Waals surface area contributed by atoms with Crippen molar-refractivity contribution in [1.82, 2.24) is 19.9 Å². The molecule has 3 rings (SSSR count). The van der Waals surface area contributed by atoms with Crippen LogP contribution in [0.25, 0.3) is 5.65 Å². The standard InChI is InChI=1S/C15H22N4/c1-12-6-9-19-13(10-12)17-18-14(19)11-15(16-2)7-4-3-5-8-15/h6,9-10,16H,3-5,7-8,11H2,1-2H3. The van der Waals surface area contributed by atoms with Gasteiger partial charge in [-0.05, 0) is 44.5 Å². The van der Waals surface area contributed by atoms with Gasteiger partial charge in [0.15, 0.2) is 5.65 Å². The summed E-state index contributed by atoms with van der Waals surface area (Å²) in [6.45, 7) is 2.09. The minimum atomic E-state index is 0.214. The number of pyridine rings is 1. The summed E-state index contributed by atoms with van der Waals surface area (Å²) in [5.74, 6) is 1.08. The molecule has 0 spiro atoms. The number of hydrogen-bond acceptors (Lipinski definition) is 3. The van der Waals surface area contributed by atoms with Gasteiger partial charge in [0.05, 0.1) is 0 Å². The zero-order chi connectivity index (χ0) is 13.3. The molecule has 0 amide bonds. The third kappa shape index (κ3) is 2.37. The molecule has 19 heavy (non-hydrogen) atoms. The van der Waals surface area contributed by atoms with Crippen LogP contribution in [0, 0.1) is 6.92 Å². The van der Waals surface area contributed by atoms with E-state index in [9.17, 15) is 0 Å². The fraction of sp³-hybridized carbons (Fsp3) is 0.600. The maximum atomic E-state index is 4.40. The zero-order valence-electron chi connectivity index (χ0n) is 11.8. The van der Waals surface area contributed by atoms with Gasteiger partial charge in [0.1, 0.15) is 5.82 Å². The van der Waals surface area contributed by atoms with E-state index in [1.165, 1.54) is 37.7 Å². The monoisotopic (exact) mass is 258 g/mol. The lowest BCUT2D eigenvalue weighted by atomic mass is 9.79. The van der Waals surface area contributed by atoms with Crippen LogP contribution in [0.4, 0.5) is 0 Å². The highest BCUT2D eigenvalue weighted by Gasteiger charge is 2.32. The molecule has 0 unspecified atom stereocenters. The summed E-state index contributed by atoms with van der Waals surface area (Å²) >= 11 is 0. The van der Waals surface area contributed by atoms with Crippen molar-refractivity contribution in [3.05, 3.63) is 29.7 Å². The van der Waals surface area contributed by atoms with Crippen molar-refractivity contribution in [1.29, 1.82) is 0 Å². The minimum absolute atomic E-state index is 0.214. The molecule has 1 aliphatic rings. The Balaban J connectivity index is 1.91. The predicted molar refractivity (Wildman–Crippen MR) is 76.3 cm³/mol. The van der Waals surface area contributed by atoms with Gasteiger partial charge in [-0.3, -0.25) is 4.40 Å². The number of nitrogens with one attached hydrogen (secondary N) is 1. The highest BCUT2D eigenvalue weighted by atomic mass is 15.2. The van der Waals surface area contributed by atoms with Crippen molar-refractivity contribution in [3.8, 4) is 0 Å². The average molecular weight is 258 g/mol. The first-order valence-corrected chi connectivity index (χ1v) is 7.22. The number of aryl methyl sites for hydroxylation is 1. The molecule has 1 fully saturated rings. The van der Waals surface area contributed by atoms with Crippen LogP contribution in [0.15, 0.2) is 18.3 Å². The highest BCUT2D eigenvalue weighted by molar-refractivity contribution is 5.40. The topological polar surface area (TPSA) is 42.2 Å². The molecule has 1 aliphatic carbocycles. The fourth-order valence-corrected chi connectivity index (χ4v) is 3.21. The van der Waals surface area contributed by atoms with Crippen LogP contribution in [0.5, 0.6) is 0 Å². The summed E-state index contributed by atoms with van der Waals surface area (Å²) in [5.41, 5.74) is 2.40. The van der Waals surface area contributed by atoms with Crippen molar-refractivity contribution >= 4 is 5.65 Å². The van der Waals surface area contributed by atoms with E-state index in [0.717, 1.165) is 17.9 Å². The smallest absolute Gasteiger partial charge is 0.161 e. The number of aromatic nitrogens is 3. The SMILES string of the molecule is CNC1(Cc2nnc3cc(C)ccn23)CCCCC1. The fourth-order valence-electron chi connectivity index (χ4n) is 3.21. The zero-order valence-corrected chi connectivity index (χ0v) is 11.8. The molecule has 0 bridgehead atoms. The summed E-state index contributed by atoms with van der Waals surface area (Å²) in [5, 5.41) is 12.2. The molecule has 0 saturated heterocycles. The van der Waals surface area contributed by atoms with E-state index in [-0.39, 0.29) is 5.54 Å². The molecular formula is C15H22N4. The van der Waals surface area contributed by atoms with Crippen LogP contribution in [0.3, 0.4) is 0 Å². The van der Waals surface area contributed by atoms with Gasteiger partial charge < -0.3 is 5.32 Å². The van der Waals surface area contributed by atoms with E-state index in [1.54, 1.807) is 0 Å². The van der Waals surface area contributed by atoms with Crippen molar-refractivity contribution in [2.45, 2.75) is 51.0 Å². The summed E-state index contributed by atoms with van der Waals surface area (Å²) in [6.07, 6.45) is 9.53. The molecular weight excluding hydrogens is 236 g/mol. The van der Waals surface area contributed by atoms with Gasteiger partial charge in [0, 0.05) is 18.2 Å². The lowest BCUT2D eigenvalue weighted by Gasteiger charge is -2.36. The third-order valence-corrected chi connectivity index (χ3v) is 4.47. The Morgan fingerprint density at radius 3 is 2.79 bits per heavy atom. The van der Waals surface area contributed by atoms with E-state index in [4.69, 9.17) is 0 Å². The van der Waals surface area contributed by atoms with Crippen LogP contribution in [0.1, 0.15) is 43.5 Å². The van der Waals surface area contributed by atoms with Crippen LogP contribution < -0.4 is 5.32 Å². The molecule has 0 radical (unpaired) electrons. The van der Waals surface area contributed by atoms with Gasteiger partial charge in [-0.25, -0.2) is 0 Å². The average Bonchev–Trinajstić information content (AvgIpc) is 2.82. The van der Waals surface area contributed by atoms with Gasteiger partial charge in [-0.15, -0.1) is 10.2 Å². The van der Waals surface area contributed by atoms with E-state index in [0.29, 0.717) is 0 Å². The molecule has 1 saturated carbocycles. The summed E-state index contributed by atoms with van der Waals surface area (Å²) in [6, 6.07) is 4.20. The Labute approximate surface area is 114 Å². The van der Waals surface area contributed by atoms with Crippen LogP contribution in [-0.2, 0) is 6.42 Å². The molecule has 1 N–H and O–H groups in total. The van der Waals surface area contributed by atoms with Crippen molar-refractivity contribution in [3.63, 3.8) is 0 Å². The highest BCUT2D eigenvalue weighted by Crippen LogP contribution is 2.30. The van der Waals surface area contributed by atoms with Crippen molar-refractivity contribution in [2.75, 3.05) is 7.05 Å². The van der Waals surface area contributed by atoms with Gasteiger partial charge in [-0.2, -0.15) is 0 Å². The largest absolute Gasteiger partial charge is 0.314 e. The first-order chi connectivity index (χ1) is 9.22. The van der Waals surface area contributed by atoms with Gasteiger partial charge in [0.2, 0.25) is 0 Å². The number of likely N-dealkylation sites (N-methyl/N-ethyl adjacent to an activating group) is 1. The number of fused-ring (bicyclic) bond motifs is 1. The molecule has 4 heteroatoms. The summed E-state index contributed by atoms with van der Waals surface area (Å²) in [4.78, 5) is 0. The normalized spacial score (nSPS) is 18.8. The Bertz CT molecular complexity index is 567. The molecule has 0 aromatic carbocycles. The number of hydrogen-bond donors (Lipinski definition) is 1. The van der Waals surface area contributed by atoms with Crippen LogP contribution in [-0.4, -0.2) is 27.2 Å². The van der Waals surface area contributed by atoms with E-state index >= 15 is 0 Å². The third-order valence-electron chi connectivity index (χ3n) is 4.47. The van der Waals surface area contributed by atoms with E-state index in [1.807, 2.05) is 0 Å². The second kappa shape index (κ2) is 4.93. The van der Waals surface area contributed by atoms with Gasteiger partial charge >= 0.3 is 0 Å². The maximum absolute atomic E-state index is 4.40. The number of rotatable bonds is 3. The quantitative estimate of drug-likeness (QED) is 0.919. The molecule has 102 valence electrons.